The van der Waals surface area contributed by atoms with E-state index in [4.69, 9.17) is 9.47 Å². The fourth-order valence-electron chi connectivity index (χ4n) is 2.83. The Bertz CT molecular complexity index is 769. The smallest absolute Gasteiger partial charge is 0.191 e. The summed E-state index contributed by atoms with van der Waals surface area (Å²) in [7, 11) is 1.71. The Morgan fingerprint density at radius 3 is 2.69 bits per heavy atom. The molecule has 0 aliphatic rings. The van der Waals surface area contributed by atoms with Crippen LogP contribution in [0.5, 0.6) is 11.5 Å². The molecule has 2 N–H and O–H groups in total. The van der Waals surface area contributed by atoms with Crippen molar-refractivity contribution in [3.63, 3.8) is 0 Å². The van der Waals surface area contributed by atoms with Crippen LogP contribution in [0.4, 0.5) is 4.39 Å². The van der Waals surface area contributed by atoms with E-state index >= 15 is 0 Å². The molecule has 1 atom stereocenters. The van der Waals surface area contributed by atoms with Gasteiger partial charge in [0.05, 0.1) is 12.3 Å². The molecule has 1 aromatic heterocycles. The van der Waals surface area contributed by atoms with E-state index in [2.05, 4.69) is 34.5 Å². The number of nitrogens with one attached hydrogen (secondary N) is 2. The molecular formula is C22H31FN4O2. The van der Waals surface area contributed by atoms with Gasteiger partial charge in [0.1, 0.15) is 5.75 Å². The number of hydrogen-bond acceptors (Lipinski definition) is 4. The number of rotatable bonds is 10. The van der Waals surface area contributed by atoms with Crippen LogP contribution in [-0.4, -0.2) is 37.2 Å². The Balaban J connectivity index is 1.83. The van der Waals surface area contributed by atoms with Crippen LogP contribution in [0, 0.1) is 11.7 Å². The maximum Gasteiger partial charge on any atom is 0.191 e. The number of aromatic nitrogens is 1. The molecule has 0 aliphatic carbocycles. The largest absolute Gasteiger partial charge is 0.453 e. The summed E-state index contributed by atoms with van der Waals surface area (Å²) >= 11 is 0. The maximum absolute atomic E-state index is 14.3. The van der Waals surface area contributed by atoms with Crippen molar-refractivity contribution in [3.8, 4) is 11.5 Å². The molecule has 1 heterocycles. The lowest BCUT2D eigenvalue weighted by molar-refractivity contribution is 0.0258. The molecule has 0 radical (unpaired) electrons. The van der Waals surface area contributed by atoms with E-state index in [1.54, 1.807) is 37.6 Å². The topological polar surface area (TPSA) is 67.8 Å². The van der Waals surface area contributed by atoms with Crippen molar-refractivity contribution in [1.29, 1.82) is 0 Å². The van der Waals surface area contributed by atoms with Gasteiger partial charge in [-0.2, -0.15) is 0 Å². The van der Waals surface area contributed by atoms with E-state index in [9.17, 15) is 4.39 Å². The Hall–Kier alpha value is -2.67. The number of aliphatic imine (C=N–C) groups is 1. The van der Waals surface area contributed by atoms with Crippen LogP contribution in [0.15, 0.2) is 47.7 Å². The molecule has 158 valence electrons. The molecule has 0 spiro atoms. The molecule has 1 aromatic carbocycles. The molecule has 0 saturated carbocycles. The summed E-state index contributed by atoms with van der Waals surface area (Å²) in [6.45, 7) is 8.22. The third-order valence-electron chi connectivity index (χ3n) is 4.39. The normalized spacial score (nSPS) is 12.7. The van der Waals surface area contributed by atoms with Gasteiger partial charge in [0.25, 0.3) is 0 Å². The number of ether oxygens (including phenoxy) is 2. The highest BCUT2D eigenvalue weighted by Gasteiger charge is 2.13. The summed E-state index contributed by atoms with van der Waals surface area (Å²) in [5.74, 6) is 1.36. The van der Waals surface area contributed by atoms with Crippen LogP contribution < -0.4 is 15.4 Å². The van der Waals surface area contributed by atoms with Crippen LogP contribution in [0.3, 0.4) is 0 Å². The lowest BCUT2D eigenvalue weighted by Gasteiger charge is -2.21. The van der Waals surface area contributed by atoms with Crippen molar-refractivity contribution in [2.45, 2.75) is 39.8 Å². The molecule has 6 nitrogen and oxygen atoms in total. The second-order valence-corrected chi connectivity index (χ2v) is 6.93. The molecule has 0 aliphatic heterocycles. The second-order valence-electron chi connectivity index (χ2n) is 6.93. The van der Waals surface area contributed by atoms with Crippen molar-refractivity contribution in [2.75, 3.05) is 20.2 Å². The number of hydrogen-bond donors (Lipinski definition) is 2. The van der Waals surface area contributed by atoms with Crippen molar-refractivity contribution >= 4 is 5.96 Å². The Labute approximate surface area is 172 Å². The highest BCUT2D eigenvalue weighted by Crippen LogP contribution is 2.24. The molecule has 7 heteroatoms. The predicted molar refractivity (Wildman–Crippen MR) is 114 cm³/mol. The number of benzene rings is 1. The lowest BCUT2D eigenvalue weighted by Crippen LogP contribution is -2.38. The van der Waals surface area contributed by atoms with Gasteiger partial charge >= 0.3 is 0 Å². The standard InChI is InChI=1S/C22H31FN4O2/c1-5-28-20(16(2)3)10-12-26-22(24-4)27-14-17-8-9-21(19(23)13-17)29-18-7-6-11-25-15-18/h6-9,11,13,15-16,20H,5,10,12,14H2,1-4H3,(H2,24,26,27). The fourth-order valence-corrected chi connectivity index (χ4v) is 2.83. The zero-order valence-corrected chi connectivity index (χ0v) is 17.6. The number of guanidine groups is 1. The van der Waals surface area contributed by atoms with Gasteiger partial charge in [-0.3, -0.25) is 9.98 Å². The zero-order chi connectivity index (χ0) is 21.1. The summed E-state index contributed by atoms with van der Waals surface area (Å²) in [5, 5.41) is 6.47. The van der Waals surface area contributed by atoms with Gasteiger partial charge in [-0.25, -0.2) is 4.39 Å². The molecule has 0 saturated heterocycles. The predicted octanol–water partition coefficient (Wildman–Crippen LogP) is 4.13. The molecule has 2 aromatic rings. The van der Waals surface area contributed by atoms with E-state index in [0.29, 0.717) is 30.8 Å². The number of halogens is 1. The van der Waals surface area contributed by atoms with Crippen molar-refractivity contribution in [1.82, 2.24) is 15.6 Å². The van der Waals surface area contributed by atoms with Gasteiger partial charge in [-0.05, 0) is 49.1 Å². The lowest BCUT2D eigenvalue weighted by atomic mass is 10.0. The monoisotopic (exact) mass is 402 g/mol. The minimum Gasteiger partial charge on any atom is -0.453 e. The third kappa shape index (κ3) is 7.69. The van der Waals surface area contributed by atoms with Crippen molar-refractivity contribution in [3.05, 3.63) is 54.1 Å². The van der Waals surface area contributed by atoms with E-state index in [1.165, 1.54) is 6.07 Å². The van der Waals surface area contributed by atoms with Crippen molar-refractivity contribution in [2.24, 2.45) is 10.9 Å². The first-order valence-electron chi connectivity index (χ1n) is 9.95. The molecule has 0 amide bonds. The quantitative estimate of drug-likeness (QED) is 0.462. The van der Waals surface area contributed by atoms with Gasteiger partial charge in [0, 0.05) is 32.9 Å². The molecule has 0 fully saturated rings. The van der Waals surface area contributed by atoms with E-state index in [0.717, 1.165) is 18.5 Å². The van der Waals surface area contributed by atoms with Gasteiger partial charge in [-0.15, -0.1) is 0 Å². The minimum atomic E-state index is -0.424. The molecule has 1 unspecified atom stereocenters. The van der Waals surface area contributed by atoms with Crippen LogP contribution in [0.25, 0.3) is 0 Å². The molecule has 2 rings (SSSR count). The Morgan fingerprint density at radius 2 is 2.07 bits per heavy atom. The first-order chi connectivity index (χ1) is 14.0. The van der Waals surface area contributed by atoms with Crippen LogP contribution >= 0.6 is 0 Å². The second kappa shape index (κ2) is 12.0. The SMILES string of the molecule is CCOC(CCNC(=NC)NCc1ccc(Oc2cccnc2)c(F)c1)C(C)C. The highest BCUT2D eigenvalue weighted by atomic mass is 19.1. The highest BCUT2D eigenvalue weighted by molar-refractivity contribution is 5.79. The van der Waals surface area contributed by atoms with Gasteiger partial charge in [0.2, 0.25) is 0 Å². The van der Waals surface area contributed by atoms with Gasteiger partial charge in [-0.1, -0.05) is 19.9 Å². The van der Waals surface area contributed by atoms with Crippen molar-refractivity contribution < 1.29 is 13.9 Å². The van der Waals surface area contributed by atoms with Crippen LogP contribution in [-0.2, 0) is 11.3 Å². The van der Waals surface area contributed by atoms with E-state index < -0.39 is 5.82 Å². The summed E-state index contributed by atoms with van der Waals surface area (Å²) in [6.07, 6.45) is 4.28. The van der Waals surface area contributed by atoms with Gasteiger partial charge in [0.15, 0.2) is 17.5 Å². The molecule has 0 bridgehead atoms. The summed E-state index contributed by atoms with van der Waals surface area (Å²) in [6, 6.07) is 8.36. The summed E-state index contributed by atoms with van der Waals surface area (Å²) < 4.78 is 25.6. The third-order valence-corrected chi connectivity index (χ3v) is 4.39. The Morgan fingerprint density at radius 1 is 1.24 bits per heavy atom. The number of nitrogens with zero attached hydrogens (tertiary/aromatic N) is 2. The maximum atomic E-state index is 14.3. The minimum absolute atomic E-state index is 0.167. The average Bonchev–Trinajstić information content (AvgIpc) is 2.72. The molecule has 29 heavy (non-hydrogen) atoms. The first kappa shape index (κ1) is 22.6. The first-order valence-corrected chi connectivity index (χ1v) is 9.95. The van der Waals surface area contributed by atoms with E-state index in [1.807, 2.05) is 13.0 Å². The summed E-state index contributed by atoms with van der Waals surface area (Å²) in [4.78, 5) is 8.17. The molecular weight excluding hydrogens is 371 g/mol. The number of pyridine rings is 1. The van der Waals surface area contributed by atoms with Gasteiger partial charge < -0.3 is 20.1 Å². The fraction of sp³-hybridized carbons (Fsp3) is 0.455. The Kier molecular flexibility index (Phi) is 9.37. The summed E-state index contributed by atoms with van der Waals surface area (Å²) in [5.41, 5.74) is 0.790. The van der Waals surface area contributed by atoms with Crippen LogP contribution in [0.1, 0.15) is 32.8 Å². The van der Waals surface area contributed by atoms with E-state index in [-0.39, 0.29) is 11.9 Å². The van der Waals surface area contributed by atoms with Crippen LogP contribution in [0.2, 0.25) is 0 Å². The zero-order valence-electron chi connectivity index (χ0n) is 17.6. The average molecular weight is 403 g/mol.